The molecule has 0 aliphatic rings. The minimum atomic E-state index is -1.51. The van der Waals surface area contributed by atoms with Gasteiger partial charge in [-0.25, -0.2) is 9.18 Å². The number of carbonyl (C=O) groups excluding carboxylic acids is 1. The normalized spacial score (nSPS) is 14.5. The molecule has 4 nitrogen and oxygen atoms in total. The van der Waals surface area contributed by atoms with Crippen LogP contribution in [0.25, 0.3) is 0 Å². The second kappa shape index (κ2) is 7.25. The van der Waals surface area contributed by atoms with Gasteiger partial charge in [0.1, 0.15) is 5.82 Å². The van der Waals surface area contributed by atoms with Crippen molar-refractivity contribution in [1.82, 2.24) is 5.32 Å². The summed E-state index contributed by atoms with van der Waals surface area (Å²) >= 11 is 0. The molecule has 2 unspecified atom stereocenters. The molecule has 126 valence electrons. The van der Waals surface area contributed by atoms with Crippen molar-refractivity contribution in [2.75, 3.05) is 0 Å². The molecule has 2 rings (SSSR count). The van der Waals surface area contributed by atoms with Gasteiger partial charge in [0.15, 0.2) is 5.54 Å². The number of aliphatic carboxylic acids is 1. The minimum absolute atomic E-state index is 0.188. The van der Waals surface area contributed by atoms with Gasteiger partial charge >= 0.3 is 5.97 Å². The fourth-order valence-corrected chi connectivity index (χ4v) is 2.66. The van der Waals surface area contributed by atoms with E-state index in [1.165, 1.54) is 18.2 Å². The Hall–Kier alpha value is -2.69. The van der Waals surface area contributed by atoms with Crippen LogP contribution in [-0.4, -0.2) is 17.0 Å². The molecule has 2 N–H and O–H groups in total. The van der Waals surface area contributed by atoms with Crippen LogP contribution in [-0.2, 0) is 15.1 Å². The van der Waals surface area contributed by atoms with Gasteiger partial charge in [-0.15, -0.1) is 0 Å². The molecular formula is C19H20FNO3. The zero-order valence-electron chi connectivity index (χ0n) is 13.6. The first-order valence-electron chi connectivity index (χ1n) is 7.77. The van der Waals surface area contributed by atoms with Crippen LogP contribution < -0.4 is 5.32 Å². The molecule has 5 heteroatoms. The third-order valence-corrected chi connectivity index (χ3v) is 4.24. The monoisotopic (exact) mass is 329 g/mol. The summed E-state index contributed by atoms with van der Waals surface area (Å²) in [6.07, 6.45) is 0.188. The topological polar surface area (TPSA) is 66.4 Å². The van der Waals surface area contributed by atoms with E-state index >= 15 is 0 Å². The summed E-state index contributed by atoms with van der Waals surface area (Å²) in [4.78, 5) is 24.5. The average Bonchev–Trinajstić information content (AvgIpc) is 2.59. The molecule has 2 atom stereocenters. The summed E-state index contributed by atoms with van der Waals surface area (Å²) in [5.41, 5.74) is -0.518. The van der Waals surface area contributed by atoms with Crippen molar-refractivity contribution in [3.8, 4) is 0 Å². The Morgan fingerprint density at radius 1 is 1.17 bits per heavy atom. The van der Waals surface area contributed by atoms with Crippen molar-refractivity contribution in [2.45, 2.75) is 31.7 Å². The first-order valence-corrected chi connectivity index (χ1v) is 7.77. The van der Waals surface area contributed by atoms with Crippen molar-refractivity contribution in [3.05, 3.63) is 71.5 Å². The highest BCUT2D eigenvalue weighted by molar-refractivity contribution is 5.91. The van der Waals surface area contributed by atoms with E-state index < -0.39 is 29.2 Å². The number of amides is 1. The van der Waals surface area contributed by atoms with E-state index in [0.717, 1.165) is 0 Å². The number of hydrogen-bond acceptors (Lipinski definition) is 2. The van der Waals surface area contributed by atoms with Crippen LogP contribution in [0.2, 0.25) is 0 Å². The molecule has 0 saturated heterocycles. The molecule has 0 fully saturated rings. The third-order valence-electron chi connectivity index (χ3n) is 4.24. The molecule has 0 bridgehead atoms. The minimum Gasteiger partial charge on any atom is -0.479 e. The van der Waals surface area contributed by atoms with Gasteiger partial charge < -0.3 is 10.4 Å². The van der Waals surface area contributed by atoms with Crippen molar-refractivity contribution in [2.24, 2.45) is 0 Å². The van der Waals surface area contributed by atoms with E-state index in [1.54, 1.807) is 50.2 Å². The molecule has 1 amide bonds. The Bertz CT molecular complexity index is 732. The van der Waals surface area contributed by atoms with Gasteiger partial charge in [0.2, 0.25) is 5.91 Å². The molecule has 2 aromatic rings. The second-order valence-corrected chi connectivity index (χ2v) is 5.70. The van der Waals surface area contributed by atoms with Crippen LogP contribution in [0.15, 0.2) is 54.6 Å². The summed E-state index contributed by atoms with van der Waals surface area (Å²) in [5, 5.41) is 12.4. The molecule has 0 aliphatic heterocycles. The lowest BCUT2D eigenvalue weighted by Crippen LogP contribution is -2.52. The summed E-state index contributed by atoms with van der Waals surface area (Å²) in [6.45, 7) is 3.33. The van der Waals surface area contributed by atoms with Gasteiger partial charge in [0.25, 0.3) is 0 Å². The SMILES string of the molecule is CCC(NC(=O)C(C)c1cccc(F)c1)(C(=O)O)c1ccccc1. The highest BCUT2D eigenvalue weighted by Gasteiger charge is 2.41. The van der Waals surface area contributed by atoms with Crippen LogP contribution in [0.4, 0.5) is 4.39 Å². The molecule has 0 aliphatic carbocycles. The molecule has 0 saturated carbocycles. The number of hydrogen-bond donors (Lipinski definition) is 2. The number of nitrogens with one attached hydrogen (secondary N) is 1. The zero-order valence-corrected chi connectivity index (χ0v) is 13.6. The Morgan fingerprint density at radius 3 is 2.38 bits per heavy atom. The number of halogens is 1. The van der Waals surface area contributed by atoms with Gasteiger partial charge in [-0.2, -0.15) is 0 Å². The fourth-order valence-electron chi connectivity index (χ4n) is 2.66. The quantitative estimate of drug-likeness (QED) is 0.853. The highest BCUT2D eigenvalue weighted by Crippen LogP contribution is 2.27. The van der Waals surface area contributed by atoms with Crippen LogP contribution >= 0.6 is 0 Å². The van der Waals surface area contributed by atoms with E-state index in [4.69, 9.17) is 0 Å². The summed E-state index contributed by atoms with van der Waals surface area (Å²) in [6, 6.07) is 14.3. The predicted octanol–water partition coefficient (Wildman–Crippen LogP) is 3.44. The molecular weight excluding hydrogens is 309 g/mol. The fraction of sp³-hybridized carbons (Fsp3) is 0.263. The Morgan fingerprint density at radius 2 is 1.83 bits per heavy atom. The van der Waals surface area contributed by atoms with Crippen molar-refractivity contribution in [3.63, 3.8) is 0 Å². The number of carbonyl (C=O) groups is 2. The van der Waals surface area contributed by atoms with Gasteiger partial charge in [0.05, 0.1) is 5.92 Å². The molecule has 24 heavy (non-hydrogen) atoms. The van der Waals surface area contributed by atoms with Crippen LogP contribution in [0.3, 0.4) is 0 Å². The van der Waals surface area contributed by atoms with Crippen molar-refractivity contribution in [1.29, 1.82) is 0 Å². The van der Waals surface area contributed by atoms with Gasteiger partial charge in [-0.3, -0.25) is 4.79 Å². The zero-order chi connectivity index (χ0) is 17.7. The highest BCUT2D eigenvalue weighted by atomic mass is 19.1. The van der Waals surface area contributed by atoms with E-state index in [1.807, 2.05) is 0 Å². The summed E-state index contributed by atoms with van der Waals surface area (Å²) < 4.78 is 13.4. The number of benzene rings is 2. The van der Waals surface area contributed by atoms with Crippen LogP contribution in [0.5, 0.6) is 0 Å². The summed E-state index contributed by atoms with van der Waals surface area (Å²) in [5.74, 6) is -2.70. The maximum Gasteiger partial charge on any atom is 0.334 e. The van der Waals surface area contributed by atoms with Gasteiger partial charge in [-0.05, 0) is 36.6 Å². The Balaban J connectivity index is 2.33. The maximum absolute atomic E-state index is 13.4. The lowest BCUT2D eigenvalue weighted by molar-refractivity contribution is -0.148. The lowest BCUT2D eigenvalue weighted by atomic mass is 9.86. The van der Waals surface area contributed by atoms with Gasteiger partial charge in [0, 0.05) is 0 Å². The predicted molar refractivity (Wildman–Crippen MR) is 89.0 cm³/mol. The van der Waals surface area contributed by atoms with Crippen LogP contribution in [0.1, 0.15) is 37.3 Å². The van der Waals surface area contributed by atoms with Crippen LogP contribution in [0, 0.1) is 5.82 Å². The number of rotatable bonds is 6. The second-order valence-electron chi connectivity index (χ2n) is 5.70. The Kier molecular flexibility index (Phi) is 5.34. The first-order chi connectivity index (χ1) is 11.4. The Labute approximate surface area is 140 Å². The lowest BCUT2D eigenvalue weighted by Gasteiger charge is -2.31. The molecule has 2 aromatic carbocycles. The molecule has 0 heterocycles. The summed E-state index contributed by atoms with van der Waals surface area (Å²) in [7, 11) is 0. The molecule has 0 spiro atoms. The van der Waals surface area contributed by atoms with E-state index in [-0.39, 0.29) is 6.42 Å². The van der Waals surface area contributed by atoms with Crippen molar-refractivity contribution >= 4 is 11.9 Å². The average molecular weight is 329 g/mol. The van der Waals surface area contributed by atoms with E-state index in [2.05, 4.69) is 5.32 Å². The number of carboxylic acid groups (broad SMARTS) is 1. The first kappa shape index (κ1) is 17.7. The van der Waals surface area contributed by atoms with Gasteiger partial charge in [-0.1, -0.05) is 49.4 Å². The molecule has 0 radical (unpaired) electrons. The van der Waals surface area contributed by atoms with E-state index in [0.29, 0.717) is 11.1 Å². The van der Waals surface area contributed by atoms with Crippen molar-refractivity contribution < 1.29 is 19.1 Å². The smallest absolute Gasteiger partial charge is 0.334 e. The largest absolute Gasteiger partial charge is 0.479 e. The standard InChI is InChI=1S/C19H20FNO3/c1-3-19(18(23)24,15-9-5-4-6-10-15)21-17(22)13(2)14-8-7-11-16(20)12-14/h4-13H,3H2,1-2H3,(H,21,22)(H,23,24). The maximum atomic E-state index is 13.4. The number of carboxylic acids is 1. The molecule has 0 aromatic heterocycles. The van der Waals surface area contributed by atoms with E-state index in [9.17, 15) is 19.1 Å². The third kappa shape index (κ3) is 3.45.